The smallest absolute Gasteiger partial charge is 0.169 e. The van der Waals surface area contributed by atoms with Crippen LogP contribution in [0.4, 0.5) is 17.2 Å². The maximum Gasteiger partial charge on any atom is 0.169 e. The van der Waals surface area contributed by atoms with Crippen molar-refractivity contribution in [3.8, 4) is 5.75 Å². The number of hydrogen-bond donors (Lipinski definition) is 3. The predicted octanol–water partition coefficient (Wildman–Crippen LogP) is 6.22. The number of nitrogens with one attached hydrogen (secondary N) is 1. The number of phenols is 1. The molecule has 3 heterocycles. The molecule has 1 saturated carbocycles. The highest BCUT2D eigenvalue weighted by atomic mass is 35.5. The summed E-state index contributed by atoms with van der Waals surface area (Å²) in [7, 11) is 0. The zero-order valence-corrected chi connectivity index (χ0v) is 22.4. The number of Topliss-reactive ketones (excluding diaryl/α,β-unsaturated/α-hetero) is 1. The molecule has 0 bridgehead atoms. The minimum atomic E-state index is -0.133. The molecule has 38 heavy (non-hydrogen) atoms. The van der Waals surface area contributed by atoms with Gasteiger partial charge in [0.1, 0.15) is 5.82 Å². The van der Waals surface area contributed by atoms with Crippen LogP contribution in [0.3, 0.4) is 0 Å². The van der Waals surface area contributed by atoms with E-state index in [0.29, 0.717) is 18.5 Å². The fourth-order valence-electron chi connectivity index (χ4n) is 5.11. The Bertz CT molecular complexity index is 1490. The van der Waals surface area contributed by atoms with E-state index in [-0.39, 0.29) is 33.4 Å². The van der Waals surface area contributed by atoms with Crippen molar-refractivity contribution in [2.24, 2.45) is 17.6 Å². The van der Waals surface area contributed by atoms with Crippen LogP contribution in [-0.4, -0.2) is 33.9 Å². The SMILES string of the molecule is CC1Cc2ncc(C(=O)C3CC3)c(Nc3ccc(N4CC=C(N)C4)nc3)c2C=C1c1cc(Cl)c(O)c(Cl)c1. The number of allylic oxidation sites excluding steroid dienone is 1. The van der Waals surface area contributed by atoms with Crippen LogP contribution in [0.1, 0.15) is 46.9 Å². The van der Waals surface area contributed by atoms with Gasteiger partial charge in [-0.2, -0.15) is 0 Å². The van der Waals surface area contributed by atoms with Gasteiger partial charge in [0, 0.05) is 29.9 Å². The number of fused-ring (bicyclic) bond motifs is 1. The van der Waals surface area contributed by atoms with E-state index in [1.807, 2.05) is 18.2 Å². The van der Waals surface area contributed by atoms with Crippen LogP contribution in [0.5, 0.6) is 5.75 Å². The van der Waals surface area contributed by atoms with E-state index in [9.17, 15) is 9.90 Å². The number of halogens is 2. The molecule has 4 N–H and O–H groups in total. The van der Waals surface area contributed by atoms with Crippen molar-refractivity contribution >= 4 is 57.8 Å². The molecule has 0 radical (unpaired) electrons. The van der Waals surface area contributed by atoms with E-state index in [2.05, 4.69) is 28.2 Å². The molecule has 1 aliphatic heterocycles. The average Bonchev–Trinajstić information content (AvgIpc) is 3.67. The number of ketones is 1. The first-order chi connectivity index (χ1) is 18.3. The standard InChI is InChI=1S/C29H27Cl2N5O2/c1-15-8-25-21(11-20(15)17-9-23(30)29(38)24(31)10-17)27(22(13-33-25)28(37)16-2-3-16)35-19-4-5-26(34-12-19)36-7-6-18(32)14-36/h4-6,9-13,15-16,38H,2-3,7-8,14,32H2,1H3,(H,33,35). The Labute approximate surface area is 231 Å². The molecule has 0 saturated heterocycles. The summed E-state index contributed by atoms with van der Waals surface area (Å²) in [5.41, 5.74) is 12.5. The third kappa shape index (κ3) is 4.61. The highest BCUT2D eigenvalue weighted by Crippen LogP contribution is 2.43. The summed E-state index contributed by atoms with van der Waals surface area (Å²) < 4.78 is 0. The molecular formula is C29H27Cl2N5O2. The molecule has 0 spiro atoms. The number of rotatable bonds is 6. The number of pyridine rings is 2. The van der Waals surface area contributed by atoms with Crippen molar-refractivity contribution < 1.29 is 9.90 Å². The van der Waals surface area contributed by atoms with Crippen molar-refractivity contribution in [3.05, 3.63) is 80.9 Å². The summed E-state index contributed by atoms with van der Waals surface area (Å²) in [6.07, 6.45) is 10.0. The normalized spacial score (nSPS) is 18.6. The summed E-state index contributed by atoms with van der Waals surface area (Å²) in [5.74, 6) is 0.994. The molecule has 1 unspecified atom stereocenters. The van der Waals surface area contributed by atoms with Gasteiger partial charge < -0.3 is 21.1 Å². The first kappa shape index (κ1) is 24.8. The van der Waals surface area contributed by atoms with E-state index in [0.717, 1.165) is 64.7 Å². The quantitative estimate of drug-likeness (QED) is 0.314. The predicted molar refractivity (Wildman–Crippen MR) is 152 cm³/mol. The molecule has 1 aromatic carbocycles. The lowest BCUT2D eigenvalue weighted by Gasteiger charge is -2.26. The summed E-state index contributed by atoms with van der Waals surface area (Å²) in [4.78, 5) is 24.7. The van der Waals surface area contributed by atoms with Gasteiger partial charge in [0.2, 0.25) is 0 Å². The number of benzene rings is 1. The van der Waals surface area contributed by atoms with Crippen LogP contribution >= 0.6 is 23.2 Å². The molecule has 6 rings (SSSR count). The third-order valence-electron chi connectivity index (χ3n) is 7.38. The zero-order valence-electron chi connectivity index (χ0n) is 20.8. The summed E-state index contributed by atoms with van der Waals surface area (Å²) in [6.45, 7) is 3.51. The van der Waals surface area contributed by atoms with Crippen molar-refractivity contribution in [3.63, 3.8) is 0 Å². The number of nitrogens with two attached hydrogens (primary N) is 1. The Kier molecular flexibility index (Phi) is 6.28. The van der Waals surface area contributed by atoms with Gasteiger partial charge in [-0.05, 0) is 72.7 Å². The number of anilines is 3. The summed E-state index contributed by atoms with van der Waals surface area (Å²) in [6, 6.07) is 7.36. The van der Waals surface area contributed by atoms with Crippen molar-refractivity contribution in [2.75, 3.05) is 23.3 Å². The van der Waals surface area contributed by atoms with Crippen LogP contribution in [0.25, 0.3) is 11.6 Å². The van der Waals surface area contributed by atoms with E-state index in [1.165, 1.54) is 0 Å². The number of phenolic OH excluding ortho intramolecular Hbond substituents is 1. The van der Waals surface area contributed by atoms with E-state index >= 15 is 0 Å². The second kappa shape index (κ2) is 9.64. The molecule has 9 heteroatoms. The number of nitrogens with zero attached hydrogens (tertiary/aromatic N) is 3. The van der Waals surface area contributed by atoms with Gasteiger partial charge in [-0.15, -0.1) is 0 Å². The lowest BCUT2D eigenvalue weighted by Crippen LogP contribution is -2.22. The molecule has 3 aromatic rings. The molecule has 1 fully saturated rings. The Morgan fingerprint density at radius 1 is 1.16 bits per heavy atom. The molecule has 1 atom stereocenters. The van der Waals surface area contributed by atoms with Crippen LogP contribution < -0.4 is 16.0 Å². The maximum absolute atomic E-state index is 13.3. The van der Waals surface area contributed by atoms with Crippen molar-refractivity contribution in [1.29, 1.82) is 0 Å². The van der Waals surface area contributed by atoms with Crippen LogP contribution in [0, 0.1) is 11.8 Å². The monoisotopic (exact) mass is 547 g/mol. The molecule has 2 aliphatic carbocycles. The molecular weight excluding hydrogens is 521 g/mol. The van der Waals surface area contributed by atoms with Gasteiger partial charge in [-0.3, -0.25) is 9.78 Å². The molecule has 194 valence electrons. The van der Waals surface area contributed by atoms with Crippen LogP contribution in [0.15, 0.2) is 48.4 Å². The Balaban J connectivity index is 1.41. The van der Waals surface area contributed by atoms with Crippen LogP contribution in [0.2, 0.25) is 10.0 Å². The maximum atomic E-state index is 13.3. The second-order valence-corrected chi connectivity index (χ2v) is 11.0. The lowest BCUT2D eigenvalue weighted by molar-refractivity contribution is 0.0968. The number of aromatic hydroxyl groups is 1. The van der Waals surface area contributed by atoms with Crippen LogP contribution in [-0.2, 0) is 6.42 Å². The third-order valence-corrected chi connectivity index (χ3v) is 7.96. The van der Waals surface area contributed by atoms with Gasteiger partial charge in [0.05, 0.1) is 45.4 Å². The number of carbonyl (C=O) groups is 1. The molecule has 2 aromatic heterocycles. The summed E-state index contributed by atoms with van der Waals surface area (Å²) in [5, 5.41) is 13.9. The van der Waals surface area contributed by atoms with E-state index in [4.69, 9.17) is 33.9 Å². The van der Waals surface area contributed by atoms with E-state index < -0.39 is 0 Å². The molecule has 7 nitrogen and oxygen atoms in total. The van der Waals surface area contributed by atoms with Gasteiger partial charge in [-0.25, -0.2) is 4.98 Å². The zero-order chi connectivity index (χ0) is 26.6. The summed E-state index contributed by atoms with van der Waals surface area (Å²) >= 11 is 12.5. The second-order valence-electron chi connectivity index (χ2n) is 10.2. The fourth-order valence-corrected chi connectivity index (χ4v) is 5.60. The lowest BCUT2D eigenvalue weighted by atomic mass is 9.82. The topological polar surface area (TPSA) is 104 Å². The van der Waals surface area contributed by atoms with Gasteiger partial charge in [0.25, 0.3) is 0 Å². The average molecular weight is 548 g/mol. The first-order valence-corrected chi connectivity index (χ1v) is 13.4. The van der Waals surface area contributed by atoms with Gasteiger partial charge in [-0.1, -0.05) is 30.1 Å². The van der Waals surface area contributed by atoms with Gasteiger partial charge >= 0.3 is 0 Å². The van der Waals surface area contributed by atoms with E-state index in [1.54, 1.807) is 24.5 Å². The van der Waals surface area contributed by atoms with Gasteiger partial charge in [0.15, 0.2) is 11.5 Å². The largest absolute Gasteiger partial charge is 0.505 e. The Morgan fingerprint density at radius 3 is 2.55 bits per heavy atom. The number of aromatic nitrogens is 2. The highest BCUT2D eigenvalue weighted by Gasteiger charge is 2.34. The number of carbonyl (C=O) groups excluding carboxylic acids is 1. The first-order valence-electron chi connectivity index (χ1n) is 12.7. The molecule has 3 aliphatic rings. The minimum Gasteiger partial charge on any atom is -0.505 e. The minimum absolute atomic E-state index is 0.0460. The number of hydrogen-bond acceptors (Lipinski definition) is 7. The van der Waals surface area contributed by atoms with Crippen molar-refractivity contribution in [1.82, 2.24) is 9.97 Å². The van der Waals surface area contributed by atoms with Crippen molar-refractivity contribution in [2.45, 2.75) is 26.2 Å². The Morgan fingerprint density at radius 2 is 1.92 bits per heavy atom. The molecule has 0 amide bonds. The fraction of sp³-hybridized carbons (Fsp3) is 0.276. The Hall–Kier alpha value is -3.55. The highest BCUT2D eigenvalue weighted by molar-refractivity contribution is 6.37.